The fraction of sp³-hybridized carbons (Fsp3) is 0.455. The lowest BCUT2D eigenvalue weighted by Crippen LogP contribution is -2.33. The van der Waals surface area contributed by atoms with E-state index in [0.29, 0.717) is 11.7 Å². The van der Waals surface area contributed by atoms with Gasteiger partial charge in [-0.3, -0.25) is 0 Å². The van der Waals surface area contributed by atoms with Crippen LogP contribution in [0.3, 0.4) is 0 Å². The van der Waals surface area contributed by atoms with E-state index in [1.165, 1.54) is 0 Å². The molecule has 18 heavy (non-hydrogen) atoms. The highest BCUT2D eigenvalue weighted by Gasteiger charge is 2.20. The third kappa shape index (κ3) is 2.17. The Kier molecular flexibility index (Phi) is 3.14. The number of nitrogens with zero attached hydrogens (tertiary/aromatic N) is 5. The number of thioether (sulfide) groups is 1. The molecule has 0 atom stereocenters. The molecule has 3 rings (SSSR count). The Labute approximate surface area is 109 Å². The van der Waals surface area contributed by atoms with E-state index in [4.69, 9.17) is 4.52 Å². The molecule has 1 fully saturated rings. The maximum absolute atomic E-state index is 5.21. The third-order valence-electron chi connectivity index (χ3n) is 2.76. The second-order valence-electron chi connectivity index (χ2n) is 4.01. The monoisotopic (exact) mass is 263 g/mol. The first kappa shape index (κ1) is 11.5. The zero-order valence-electron chi connectivity index (χ0n) is 10.0. The van der Waals surface area contributed by atoms with E-state index in [1.807, 2.05) is 11.8 Å². The van der Waals surface area contributed by atoms with Crippen molar-refractivity contribution in [1.82, 2.24) is 20.1 Å². The zero-order chi connectivity index (χ0) is 12.4. The summed E-state index contributed by atoms with van der Waals surface area (Å²) in [7, 11) is 0. The lowest BCUT2D eigenvalue weighted by molar-refractivity contribution is 0.425. The van der Waals surface area contributed by atoms with Gasteiger partial charge < -0.3 is 9.42 Å². The van der Waals surface area contributed by atoms with Crippen LogP contribution < -0.4 is 4.90 Å². The minimum Gasteiger partial charge on any atom is -0.354 e. The second-order valence-corrected chi connectivity index (χ2v) is 5.23. The molecule has 0 N–H and O–H groups in total. The molecule has 0 spiro atoms. The van der Waals surface area contributed by atoms with E-state index in [1.54, 1.807) is 19.4 Å². The van der Waals surface area contributed by atoms with Crippen LogP contribution in [0.15, 0.2) is 17.0 Å². The number of anilines is 1. The summed E-state index contributed by atoms with van der Waals surface area (Å²) in [5.41, 5.74) is 0.810. The molecule has 7 heteroatoms. The molecular weight excluding hydrogens is 250 g/mol. The van der Waals surface area contributed by atoms with Crippen LogP contribution in [0.4, 0.5) is 5.82 Å². The van der Waals surface area contributed by atoms with Gasteiger partial charge in [-0.1, -0.05) is 5.16 Å². The Morgan fingerprint density at radius 2 is 2.17 bits per heavy atom. The number of aromatic nitrogens is 4. The number of aryl methyl sites for hydroxylation is 1. The van der Waals surface area contributed by atoms with E-state index >= 15 is 0 Å². The summed E-state index contributed by atoms with van der Waals surface area (Å²) < 4.78 is 5.21. The molecule has 0 radical (unpaired) electrons. The standard InChI is InChI=1S/C11H13N5OS/c1-8-14-11(17-15-8)9-6-12-7-13-10(9)16-2-4-18-5-3-16/h6-7H,2-5H2,1H3. The van der Waals surface area contributed by atoms with Crippen LogP contribution in [0.25, 0.3) is 11.5 Å². The summed E-state index contributed by atoms with van der Waals surface area (Å²) in [6, 6.07) is 0. The Morgan fingerprint density at radius 1 is 1.33 bits per heavy atom. The minimum absolute atomic E-state index is 0.487. The summed E-state index contributed by atoms with van der Waals surface area (Å²) in [4.78, 5) is 14.9. The normalized spacial score (nSPS) is 15.9. The summed E-state index contributed by atoms with van der Waals surface area (Å²) in [6.45, 7) is 3.78. The van der Waals surface area contributed by atoms with Crippen molar-refractivity contribution in [3.05, 3.63) is 18.3 Å². The van der Waals surface area contributed by atoms with Gasteiger partial charge in [0, 0.05) is 30.8 Å². The summed E-state index contributed by atoms with van der Waals surface area (Å²) in [5.74, 6) is 4.22. The van der Waals surface area contributed by atoms with Crippen LogP contribution in [-0.2, 0) is 0 Å². The van der Waals surface area contributed by atoms with Gasteiger partial charge in [-0.25, -0.2) is 9.97 Å². The number of rotatable bonds is 2. The van der Waals surface area contributed by atoms with Crippen molar-refractivity contribution in [3.8, 4) is 11.5 Å². The highest BCUT2D eigenvalue weighted by molar-refractivity contribution is 7.99. The average molecular weight is 263 g/mol. The van der Waals surface area contributed by atoms with Gasteiger partial charge in [0.2, 0.25) is 0 Å². The van der Waals surface area contributed by atoms with E-state index < -0.39 is 0 Å². The molecular formula is C11H13N5OS. The van der Waals surface area contributed by atoms with Gasteiger partial charge in [-0.2, -0.15) is 16.7 Å². The van der Waals surface area contributed by atoms with Crippen LogP contribution in [0.5, 0.6) is 0 Å². The van der Waals surface area contributed by atoms with Gasteiger partial charge in [0.1, 0.15) is 17.7 Å². The van der Waals surface area contributed by atoms with Gasteiger partial charge in [0.25, 0.3) is 5.89 Å². The number of hydrogen-bond donors (Lipinski definition) is 0. The van der Waals surface area contributed by atoms with E-state index in [0.717, 1.165) is 36.0 Å². The van der Waals surface area contributed by atoms with Crippen molar-refractivity contribution in [1.29, 1.82) is 0 Å². The third-order valence-corrected chi connectivity index (χ3v) is 3.70. The lowest BCUT2D eigenvalue weighted by atomic mass is 10.3. The fourth-order valence-corrected chi connectivity index (χ4v) is 2.81. The van der Waals surface area contributed by atoms with Crippen molar-refractivity contribution in [2.45, 2.75) is 6.92 Å². The first-order chi connectivity index (χ1) is 8.84. The predicted molar refractivity (Wildman–Crippen MR) is 69.6 cm³/mol. The van der Waals surface area contributed by atoms with Crippen LogP contribution >= 0.6 is 11.8 Å². The average Bonchev–Trinajstić information content (AvgIpc) is 2.86. The van der Waals surface area contributed by atoms with Crippen LogP contribution in [0.1, 0.15) is 5.82 Å². The molecule has 2 aromatic heterocycles. The van der Waals surface area contributed by atoms with Crippen molar-refractivity contribution >= 4 is 17.6 Å². The van der Waals surface area contributed by atoms with Crippen LogP contribution in [0.2, 0.25) is 0 Å². The maximum atomic E-state index is 5.21. The van der Waals surface area contributed by atoms with Crippen molar-refractivity contribution < 1.29 is 4.52 Å². The molecule has 0 bridgehead atoms. The van der Waals surface area contributed by atoms with Crippen molar-refractivity contribution in [3.63, 3.8) is 0 Å². The summed E-state index contributed by atoms with van der Waals surface area (Å²) in [5, 5.41) is 3.81. The molecule has 0 saturated carbocycles. The molecule has 1 aliphatic rings. The lowest BCUT2D eigenvalue weighted by Gasteiger charge is -2.28. The van der Waals surface area contributed by atoms with E-state index in [9.17, 15) is 0 Å². The van der Waals surface area contributed by atoms with Gasteiger partial charge >= 0.3 is 0 Å². The van der Waals surface area contributed by atoms with E-state index in [2.05, 4.69) is 25.0 Å². The highest BCUT2D eigenvalue weighted by Crippen LogP contribution is 2.28. The minimum atomic E-state index is 0.487. The van der Waals surface area contributed by atoms with Crippen molar-refractivity contribution in [2.24, 2.45) is 0 Å². The number of hydrogen-bond acceptors (Lipinski definition) is 7. The maximum Gasteiger partial charge on any atom is 0.263 e. The van der Waals surface area contributed by atoms with Crippen LogP contribution in [-0.4, -0.2) is 44.7 Å². The first-order valence-electron chi connectivity index (χ1n) is 5.78. The predicted octanol–water partition coefficient (Wildman–Crippen LogP) is 1.39. The molecule has 0 aromatic carbocycles. The largest absolute Gasteiger partial charge is 0.354 e. The molecule has 0 unspecified atom stereocenters. The topological polar surface area (TPSA) is 67.9 Å². The Hall–Kier alpha value is -1.63. The molecule has 2 aromatic rings. The Balaban J connectivity index is 1.99. The molecule has 0 amide bonds. The molecule has 1 saturated heterocycles. The molecule has 0 aliphatic carbocycles. The van der Waals surface area contributed by atoms with Gasteiger partial charge in [0.05, 0.1) is 0 Å². The fourth-order valence-electron chi connectivity index (χ4n) is 1.91. The highest BCUT2D eigenvalue weighted by atomic mass is 32.2. The van der Waals surface area contributed by atoms with Gasteiger partial charge in [-0.05, 0) is 6.92 Å². The first-order valence-corrected chi connectivity index (χ1v) is 6.93. The quantitative estimate of drug-likeness (QED) is 0.811. The summed E-state index contributed by atoms with van der Waals surface area (Å²) in [6.07, 6.45) is 3.29. The Morgan fingerprint density at radius 3 is 2.89 bits per heavy atom. The van der Waals surface area contributed by atoms with Gasteiger partial charge in [-0.15, -0.1) is 0 Å². The van der Waals surface area contributed by atoms with E-state index in [-0.39, 0.29) is 0 Å². The SMILES string of the molecule is Cc1noc(-c2cncnc2N2CCSCC2)n1. The van der Waals surface area contributed by atoms with Crippen molar-refractivity contribution in [2.75, 3.05) is 29.5 Å². The second kappa shape index (κ2) is 4.93. The molecule has 94 valence electrons. The Bertz CT molecular complexity index is 538. The molecule has 1 aliphatic heterocycles. The van der Waals surface area contributed by atoms with Gasteiger partial charge in [0.15, 0.2) is 5.82 Å². The smallest absolute Gasteiger partial charge is 0.263 e. The van der Waals surface area contributed by atoms with Crippen LogP contribution in [0, 0.1) is 6.92 Å². The molecule has 3 heterocycles. The summed E-state index contributed by atoms with van der Waals surface area (Å²) >= 11 is 1.96. The zero-order valence-corrected chi connectivity index (χ0v) is 10.9. The molecule has 6 nitrogen and oxygen atoms in total.